The van der Waals surface area contributed by atoms with Crippen molar-refractivity contribution in [1.82, 2.24) is 4.90 Å². The van der Waals surface area contributed by atoms with Gasteiger partial charge in [0.1, 0.15) is 5.75 Å². The van der Waals surface area contributed by atoms with Crippen LogP contribution in [0.25, 0.3) is 0 Å². The zero-order chi connectivity index (χ0) is 14.4. The Kier molecular flexibility index (Phi) is 5.09. The average Bonchev–Trinajstić information content (AvgIpc) is 2.99. The van der Waals surface area contributed by atoms with Gasteiger partial charge in [0.05, 0.1) is 24.5 Å². The van der Waals surface area contributed by atoms with E-state index in [0.29, 0.717) is 18.0 Å². The van der Waals surface area contributed by atoms with Gasteiger partial charge in [-0.2, -0.15) is 0 Å². The summed E-state index contributed by atoms with van der Waals surface area (Å²) in [5, 5.41) is 3.11. The summed E-state index contributed by atoms with van der Waals surface area (Å²) in [5.74, 6) is 0.798. The van der Waals surface area contributed by atoms with Gasteiger partial charge < -0.3 is 20.7 Å². The highest BCUT2D eigenvalue weighted by molar-refractivity contribution is 5.83. The fourth-order valence-corrected chi connectivity index (χ4v) is 2.29. The summed E-state index contributed by atoms with van der Waals surface area (Å²) in [6.45, 7) is 4.71. The second kappa shape index (κ2) is 7.03. The average molecular weight is 277 g/mol. The zero-order valence-corrected chi connectivity index (χ0v) is 12.0. The summed E-state index contributed by atoms with van der Waals surface area (Å²) in [7, 11) is 0. The van der Waals surface area contributed by atoms with E-state index < -0.39 is 0 Å². The van der Waals surface area contributed by atoms with Crippen molar-refractivity contribution in [2.75, 3.05) is 37.3 Å². The van der Waals surface area contributed by atoms with Crippen LogP contribution in [0.4, 0.5) is 11.4 Å². The van der Waals surface area contributed by atoms with Crippen molar-refractivity contribution >= 4 is 17.3 Å². The summed E-state index contributed by atoms with van der Waals surface area (Å²) in [6, 6.07) is 5.59. The molecule has 0 bridgehead atoms. The molecule has 20 heavy (non-hydrogen) atoms. The van der Waals surface area contributed by atoms with Crippen molar-refractivity contribution in [3.8, 4) is 5.75 Å². The van der Waals surface area contributed by atoms with Crippen molar-refractivity contribution in [3.05, 3.63) is 18.2 Å². The molecule has 5 nitrogen and oxygen atoms in total. The normalized spacial score (nSPS) is 14.3. The summed E-state index contributed by atoms with van der Waals surface area (Å²) < 4.78 is 5.57. The number of anilines is 2. The molecule has 0 aliphatic carbocycles. The number of nitrogens with zero attached hydrogens (tertiary/aromatic N) is 1. The van der Waals surface area contributed by atoms with Crippen LogP contribution in [-0.2, 0) is 4.79 Å². The molecule has 0 atom stereocenters. The molecule has 1 saturated heterocycles. The quantitative estimate of drug-likeness (QED) is 0.781. The van der Waals surface area contributed by atoms with E-state index in [2.05, 4.69) is 5.32 Å². The molecule has 1 aliphatic heterocycles. The van der Waals surface area contributed by atoms with Crippen LogP contribution in [0.1, 0.15) is 26.2 Å². The van der Waals surface area contributed by atoms with E-state index in [4.69, 9.17) is 10.5 Å². The van der Waals surface area contributed by atoms with Gasteiger partial charge in [0.15, 0.2) is 0 Å². The maximum Gasteiger partial charge on any atom is 0.241 e. The van der Waals surface area contributed by atoms with E-state index in [-0.39, 0.29) is 12.5 Å². The van der Waals surface area contributed by atoms with Crippen LogP contribution in [0.3, 0.4) is 0 Å². The van der Waals surface area contributed by atoms with Gasteiger partial charge in [-0.15, -0.1) is 0 Å². The lowest BCUT2D eigenvalue weighted by molar-refractivity contribution is -0.128. The van der Waals surface area contributed by atoms with Crippen LogP contribution in [0.2, 0.25) is 0 Å². The largest absolute Gasteiger partial charge is 0.491 e. The first kappa shape index (κ1) is 14.5. The number of hydrogen-bond donors (Lipinski definition) is 2. The number of hydrogen-bond acceptors (Lipinski definition) is 4. The highest BCUT2D eigenvalue weighted by Gasteiger charge is 2.17. The molecule has 0 saturated carbocycles. The predicted molar refractivity (Wildman–Crippen MR) is 80.9 cm³/mol. The number of benzene rings is 1. The molecule has 1 aromatic carbocycles. The Balaban J connectivity index is 1.93. The Morgan fingerprint density at radius 3 is 2.85 bits per heavy atom. The highest BCUT2D eigenvalue weighted by atomic mass is 16.5. The van der Waals surface area contributed by atoms with Gasteiger partial charge in [-0.1, -0.05) is 13.0 Å². The molecule has 0 aromatic heterocycles. The lowest BCUT2D eigenvalue weighted by atomic mass is 10.2. The van der Waals surface area contributed by atoms with Crippen LogP contribution < -0.4 is 15.8 Å². The maximum atomic E-state index is 12.0. The van der Waals surface area contributed by atoms with Crippen molar-refractivity contribution in [3.63, 3.8) is 0 Å². The van der Waals surface area contributed by atoms with Crippen LogP contribution >= 0.6 is 0 Å². The van der Waals surface area contributed by atoms with E-state index >= 15 is 0 Å². The Hall–Kier alpha value is -1.91. The van der Waals surface area contributed by atoms with Gasteiger partial charge in [0.25, 0.3) is 0 Å². The third kappa shape index (κ3) is 3.56. The Morgan fingerprint density at radius 1 is 1.40 bits per heavy atom. The van der Waals surface area contributed by atoms with Gasteiger partial charge >= 0.3 is 0 Å². The smallest absolute Gasteiger partial charge is 0.241 e. The molecule has 2 rings (SSSR count). The molecule has 5 heteroatoms. The molecule has 1 fully saturated rings. The van der Waals surface area contributed by atoms with E-state index in [0.717, 1.165) is 38.0 Å². The second-order valence-corrected chi connectivity index (χ2v) is 5.01. The summed E-state index contributed by atoms with van der Waals surface area (Å²) >= 11 is 0. The molecular weight excluding hydrogens is 254 g/mol. The number of rotatable bonds is 6. The van der Waals surface area contributed by atoms with Crippen LogP contribution in [0, 0.1) is 0 Å². The molecular formula is C15H23N3O2. The first-order chi connectivity index (χ1) is 9.72. The summed E-state index contributed by atoms with van der Waals surface area (Å²) in [5.41, 5.74) is 7.37. The van der Waals surface area contributed by atoms with Crippen molar-refractivity contribution in [2.45, 2.75) is 26.2 Å². The number of likely N-dealkylation sites (tertiary alicyclic amines) is 1. The minimum absolute atomic E-state index is 0.127. The summed E-state index contributed by atoms with van der Waals surface area (Å²) in [6.07, 6.45) is 3.15. The number of nitrogens with one attached hydrogen (secondary N) is 1. The number of nitrogens with two attached hydrogens (primary N) is 1. The lowest BCUT2D eigenvalue weighted by Gasteiger charge is -2.17. The van der Waals surface area contributed by atoms with E-state index in [9.17, 15) is 4.79 Å². The topological polar surface area (TPSA) is 67.6 Å². The molecule has 0 unspecified atom stereocenters. The van der Waals surface area contributed by atoms with Gasteiger partial charge in [0.2, 0.25) is 5.91 Å². The van der Waals surface area contributed by atoms with E-state index in [1.165, 1.54) is 0 Å². The first-order valence-electron chi connectivity index (χ1n) is 7.25. The summed E-state index contributed by atoms with van der Waals surface area (Å²) in [4.78, 5) is 13.9. The standard InChI is InChI=1S/C15H23N3O2/c1-2-10-20-13-7-5-6-12(15(13)16)17-11-14(19)18-8-3-4-9-18/h5-7,17H,2-4,8-11,16H2,1H3. The minimum Gasteiger partial charge on any atom is -0.491 e. The van der Waals surface area contributed by atoms with Gasteiger partial charge in [-0.3, -0.25) is 4.79 Å². The van der Waals surface area contributed by atoms with E-state index in [1.807, 2.05) is 30.0 Å². The SMILES string of the molecule is CCCOc1cccc(NCC(=O)N2CCCC2)c1N. The van der Waals surface area contributed by atoms with Crippen LogP contribution in [-0.4, -0.2) is 37.0 Å². The highest BCUT2D eigenvalue weighted by Crippen LogP contribution is 2.29. The number of ether oxygens (including phenoxy) is 1. The Bertz CT molecular complexity index is 456. The molecule has 1 aromatic rings. The van der Waals surface area contributed by atoms with Gasteiger partial charge in [0, 0.05) is 13.1 Å². The molecule has 3 N–H and O–H groups in total. The number of carbonyl (C=O) groups is 1. The third-order valence-electron chi connectivity index (χ3n) is 3.42. The van der Waals surface area contributed by atoms with Crippen molar-refractivity contribution in [1.29, 1.82) is 0 Å². The lowest BCUT2D eigenvalue weighted by Crippen LogP contribution is -2.33. The van der Waals surface area contributed by atoms with E-state index in [1.54, 1.807) is 0 Å². The molecule has 1 heterocycles. The maximum absolute atomic E-state index is 12.0. The molecule has 110 valence electrons. The number of para-hydroxylation sites is 1. The first-order valence-corrected chi connectivity index (χ1v) is 7.25. The van der Waals surface area contributed by atoms with Crippen LogP contribution in [0.5, 0.6) is 5.75 Å². The molecule has 1 aliphatic rings. The number of amides is 1. The van der Waals surface area contributed by atoms with Crippen molar-refractivity contribution in [2.24, 2.45) is 0 Å². The monoisotopic (exact) mass is 277 g/mol. The fraction of sp³-hybridized carbons (Fsp3) is 0.533. The zero-order valence-electron chi connectivity index (χ0n) is 12.0. The fourth-order valence-electron chi connectivity index (χ4n) is 2.29. The Morgan fingerprint density at radius 2 is 2.15 bits per heavy atom. The molecule has 0 spiro atoms. The number of nitrogen functional groups attached to an aromatic ring is 1. The predicted octanol–water partition coefficient (Wildman–Crippen LogP) is 2.09. The third-order valence-corrected chi connectivity index (χ3v) is 3.42. The second-order valence-electron chi connectivity index (χ2n) is 5.01. The van der Waals surface area contributed by atoms with Crippen molar-refractivity contribution < 1.29 is 9.53 Å². The molecule has 1 amide bonds. The molecule has 0 radical (unpaired) electrons. The van der Waals surface area contributed by atoms with Gasteiger partial charge in [-0.25, -0.2) is 0 Å². The number of carbonyl (C=O) groups excluding carboxylic acids is 1. The van der Waals surface area contributed by atoms with Gasteiger partial charge in [-0.05, 0) is 31.4 Å². The Labute approximate surface area is 120 Å². The van der Waals surface area contributed by atoms with Crippen LogP contribution in [0.15, 0.2) is 18.2 Å². The minimum atomic E-state index is 0.127.